The zero-order valence-electron chi connectivity index (χ0n) is 17.6. The van der Waals surface area contributed by atoms with Crippen molar-refractivity contribution in [1.82, 2.24) is 0 Å². The Balaban J connectivity index is 1.51. The lowest BCUT2D eigenvalue weighted by Gasteiger charge is -2.10. The number of anilines is 2. The SMILES string of the molecule is COc1ccc(NC(=O)c2ccc(NC(=O)COC(=O)c3ccccc3OC)cc2)cc1. The molecule has 0 saturated heterocycles. The first-order valence-corrected chi connectivity index (χ1v) is 9.65. The lowest BCUT2D eigenvalue weighted by Crippen LogP contribution is -2.21. The molecule has 2 amide bonds. The number of hydrogen-bond donors (Lipinski definition) is 2. The second-order valence-electron chi connectivity index (χ2n) is 6.58. The number of carbonyl (C=O) groups excluding carboxylic acids is 3. The van der Waals surface area contributed by atoms with E-state index in [0.717, 1.165) is 0 Å². The van der Waals surface area contributed by atoms with Crippen LogP contribution in [0, 0.1) is 0 Å². The molecule has 0 aromatic heterocycles. The summed E-state index contributed by atoms with van der Waals surface area (Å²) < 4.78 is 15.2. The van der Waals surface area contributed by atoms with Crippen molar-refractivity contribution in [3.8, 4) is 11.5 Å². The first kappa shape index (κ1) is 22.4. The Morgan fingerprint density at radius 2 is 1.38 bits per heavy atom. The molecule has 0 fully saturated rings. The summed E-state index contributed by atoms with van der Waals surface area (Å²) in [5.74, 6) is -0.413. The summed E-state index contributed by atoms with van der Waals surface area (Å²) in [6.07, 6.45) is 0. The largest absolute Gasteiger partial charge is 0.497 e. The summed E-state index contributed by atoms with van der Waals surface area (Å²) in [6.45, 7) is -0.462. The highest BCUT2D eigenvalue weighted by Gasteiger charge is 2.15. The first-order valence-electron chi connectivity index (χ1n) is 9.65. The molecule has 0 atom stereocenters. The number of nitrogens with one attached hydrogen (secondary N) is 2. The maximum Gasteiger partial charge on any atom is 0.342 e. The van der Waals surface area contributed by atoms with Crippen LogP contribution in [0.1, 0.15) is 20.7 Å². The molecule has 3 rings (SSSR count). The highest BCUT2D eigenvalue weighted by Crippen LogP contribution is 2.19. The minimum atomic E-state index is -0.664. The summed E-state index contributed by atoms with van der Waals surface area (Å²) in [4.78, 5) is 36.6. The van der Waals surface area contributed by atoms with Gasteiger partial charge in [-0.25, -0.2) is 4.79 Å². The molecule has 164 valence electrons. The van der Waals surface area contributed by atoms with Crippen LogP contribution in [-0.2, 0) is 9.53 Å². The Labute approximate surface area is 185 Å². The van der Waals surface area contributed by atoms with Gasteiger partial charge >= 0.3 is 5.97 Å². The summed E-state index contributed by atoms with van der Waals surface area (Å²) in [7, 11) is 3.01. The van der Waals surface area contributed by atoms with Crippen molar-refractivity contribution in [2.24, 2.45) is 0 Å². The van der Waals surface area contributed by atoms with Gasteiger partial charge in [-0.2, -0.15) is 0 Å². The van der Waals surface area contributed by atoms with E-state index in [1.54, 1.807) is 79.9 Å². The number of rotatable bonds is 8. The fraction of sp³-hybridized carbons (Fsp3) is 0.125. The van der Waals surface area contributed by atoms with Crippen LogP contribution < -0.4 is 20.1 Å². The van der Waals surface area contributed by atoms with Crippen molar-refractivity contribution in [1.29, 1.82) is 0 Å². The number of hydrogen-bond acceptors (Lipinski definition) is 6. The number of amides is 2. The van der Waals surface area contributed by atoms with Gasteiger partial charge in [0.25, 0.3) is 11.8 Å². The average Bonchev–Trinajstić information content (AvgIpc) is 2.83. The molecule has 0 spiro atoms. The number of benzene rings is 3. The molecule has 0 saturated carbocycles. The minimum absolute atomic E-state index is 0.232. The van der Waals surface area contributed by atoms with Crippen molar-refractivity contribution in [2.75, 3.05) is 31.5 Å². The number of para-hydroxylation sites is 1. The Hall–Kier alpha value is -4.33. The number of esters is 1. The van der Waals surface area contributed by atoms with Crippen LogP contribution in [0.25, 0.3) is 0 Å². The predicted molar refractivity (Wildman–Crippen MR) is 119 cm³/mol. The van der Waals surface area contributed by atoms with E-state index in [9.17, 15) is 14.4 Å². The fourth-order valence-corrected chi connectivity index (χ4v) is 2.80. The van der Waals surface area contributed by atoms with Crippen LogP contribution in [0.3, 0.4) is 0 Å². The van der Waals surface area contributed by atoms with E-state index < -0.39 is 18.5 Å². The van der Waals surface area contributed by atoms with Gasteiger partial charge in [-0.05, 0) is 60.7 Å². The van der Waals surface area contributed by atoms with Gasteiger partial charge < -0.3 is 24.8 Å². The van der Waals surface area contributed by atoms with E-state index in [0.29, 0.717) is 28.4 Å². The van der Waals surface area contributed by atoms with Crippen LogP contribution in [0.15, 0.2) is 72.8 Å². The average molecular weight is 434 g/mol. The molecule has 0 unspecified atom stereocenters. The van der Waals surface area contributed by atoms with E-state index in [1.807, 2.05) is 0 Å². The van der Waals surface area contributed by atoms with Crippen molar-refractivity contribution >= 4 is 29.2 Å². The molecular formula is C24H22N2O6. The summed E-state index contributed by atoms with van der Waals surface area (Å²) in [5, 5.41) is 5.39. The van der Waals surface area contributed by atoms with Gasteiger partial charge in [-0.15, -0.1) is 0 Å². The lowest BCUT2D eigenvalue weighted by molar-refractivity contribution is -0.119. The summed E-state index contributed by atoms with van der Waals surface area (Å²) in [5.41, 5.74) is 1.74. The Kier molecular flexibility index (Phi) is 7.42. The Morgan fingerprint density at radius 3 is 2.03 bits per heavy atom. The number of ether oxygens (including phenoxy) is 3. The second-order valence-corrected chi connectivity index (χ2v) is 6.58. The molecule has 0 bridgehead atoms. The molecule has 3 aromatic rings. The monoisotopic (exact) mass is 434 g/mol. The van der Waals surface area contributed by atoms with Gasteiger partial charge in [0.15, 0.2) is 6.61 Å². The molecule has 0 aliphatic rings. The molecule has 2 N–H and O–H groups in total. The van der Waals surface area contributed by atoms with Gasteiger partial charge in [0.2, 0.25) is 0 Å². The fourth-order valence-electron chi connectivity index (χ4n) is 2.80. The smallest absolute Gasteiger partial charge is 0.342 e. The van der Waals surface area contributed by atoms with E-state index in [1.165, 1.54) is 7.11 Å². The third-order valence-corrected chi connectivity index (χ3v) is 4.44. The van der Waals surface area contributed by atoms with Crippen LogP contribution in [0.4, 0.5) is 11.4 Å². The Bertz CT molecular complexity index is 1090. The lowest BCUT2D eigenvalue weighted by atomic mass is 10.2. The van der Waals surface area contributed by atoms with Gasteiger partial charge in [0.05, 0.1) is 14.2 Å². The minimum Gasteiger partial charge on any atom is -0.497 e. The van der Waals surface area contributed by atoms with Crippen molar-refractivity contribution < 1.29 is 28.6 Å². The molecule has 0 aliphatic carbocycles. The van der Waals surface area contributed by atoms with E-state index in [4.69, 9.17) is 14.2 Å². The molecule has 8 nitrogen and oxygen atoms in total. The van der Waals surface area contributed by atoms with Gasteiger partial charge in [-0.3, -0.25) is 9.59 Å². The standard InChI is InChI=1S/C24H22N2O6/c1-30-19-13-11-18(12-14-19)26-23(28)16-7-9-17(10-8-16)25-22(27)15-32-24(29)20-5-3-4-6-21(20)31-2/h3-14H,15H2,1-2H3,(H,25,27)(H,26,28). The Morgan fingerprint density at radius 1 is 0.750 bits per heavy atom. The van der Waals surface area contributed by atoms with Crippen LogP contribution in [0.5, 0.6) is 11.5 Å². The molecule has 32 heavy (non-hydrogen) atoms. The van der Waals surface area contributed by atoms with Crippen LogP contribution in [-0.4, -0.2) is 38.6 Å². The highest BCUT2D eigenvalue weighted by atomic mass is 16.5. The third-order valence-electron chi connectivity index (χ3n) is 4.44. The summed E-state index contributed by atoms with van der Waals surface area (Å²) >= 11 is 0. The van der Waals surface area contributed by atoms with E-state index in [-0.39, 0.29) is 11.5 Å². The van der Waals surface area contributed by atoms with Gasteiger partial charge in [0.1, 0.15) is 17.1 Å². The zero-order chi connectivity index (χ0) is 22.9. The normalized spacial score (nSPS) is 10.1. The van der Waals surface area contributed by atoms with Crippen molar-refractivity contribution in [2.45, 2.75) is 0 Å². The topological polar surface area (TPSA) is 103 Å². The van der Waals surface area contributed by atoms with E-state index >= 15 is 0 Å². The quantitative estimate of drug-likeness (QED) is 0.524. The third kappa shape index (κ3) is 5.85. The first-order chi connectivity index (χ1) is 15.5. The second kappa shape index (κ2) is 10.6. The van der Waals surface area contributed by atoms with Crippen molar-refractivity contribution in [3.63, 3.8) is 0 Å². The molecule has 8 heteroatoms. The molecule has 0 radical (unpaired) electrons. The number of carbonyl (C=O) groups is 3. The predicted octanol–water partition coefficient (Wildman–Crippen LogP) is 3.75. The van der Waals surface area contributed by atoms with Crippen molar-refractivity contribution in [3.05, 3.63) is 83.9 Å². The molecule has 0 heterocycles. The van der Waals surface area contributed by atoms with Crippen LogP contribution >= 0.6 is 0 Å². The summed E-state index contributed by atoms with van der Waals surface area (Å²) in [6, 6.07) is 19.9. The zero-order valence-corrected chi connectivity index (χ0v) is 17.6. The maximum atomic E-state index is 12.4. The van der Waals surface area contributed by atoms with Crippen LogP contribution in [0.2, 0.25) is 0 Å². The van der Waals surface area contributed by atoms with E-state index in [2.05, 4.69) is 10.6 Å². The highest BCUT2D eigenvalue weighted by molar-refractivity contribution is 6.04. The van der Waals surface area contributed by atoms with Gasteiger partial charge in [-0.1, -0.05) is 12.1 Å². The number of methoxy groups -OCH3 is 2. The maximum absolute atomic E-state index is 12.4. The molecular weight excluding hydrogens is 412 g/mol. The molecule has 3 aromatic carbocycles. The van der Waals surface area contributed by atoms with Gasteiger partial charge in [0, 0.05) is 16.9 Å². The molecule has 0 aliphatic heterocycles.